The molecule has 1 aromatic rings. The van der Waals surface area contributed by atoms with Gasteiger partial charge in [0.05, 0.1) is 13.2 Å². The van der Waals surface area contributed by atoms with Gasteiger partial charge in [0.25, 0.3) is 0 Å². The van der Waals surface area contributed by atoms with E-state index in [0.29, 0.717) is 0 Å². The second-order valence-corrected chi connectivity index (χ2v) is 3.57. The highest BCUT2D eigenvalue weighted by atomic mass is 16.5. The van der Waals surface area contributed by atoms with Gasteiger partial charge < -0.3 is 9.84 Å². The fourth-order valence-electron chi connectivity index (χ4n) is 1.35. The van der Waals surface area contributed by atoms with E-state index < -0.39 is 0 Å². The van der Waals surface area contributed by atoms with Crippen molar-refractivity contribution in [2.24, 2.45) is 0 Å². The van der Waals surface area contributed by atoms with Crippen LogP contribution >= 0.6 is 0 Å². The molecule has 0 amide bonds. The lowest BCUT2D eigenvalue weighted by atomic mass is 10.1. The summed E-state index contributed by atoms with van der Waals surface area (Å²) in [5.74, 6) is 0.880. The molecule has 1 rings (SSSR count). The minimum atomic E-state index is -0.229. The maximum atomic E-state index is 9.09. The molecule has 15 heavy (non-hydrogen) atoms. The zero-order chi connectivity index (χ0) is 11.1. The predicted octanol–water partition coefficient (Wildman–Crippen LogP) is 2.87. The average molecular weight is 206 g/mol. The quantitative estimate of drug-likeness (QED) is 0.802. The number of rotatable bonds is 5. The monoisotopic (exact) mass is 206 g/mol. The highest BCUT2D eigenvalue weighted by molar-refractivity contribution is 5.56. The first-order chi connectivity index (χ1) is 7.24. The number of aliphatic hydroxyl groups is 1. The lowest BCUT2D eigenvalue weighted by molar-refractivity contribution is 0.186. The summed E-state index contributed by atoms with van der Waals surface area (Å²) in [6.45, 7) is 1.80. The van der Waals surface area contributed by atoms with E-state index in [9.17, 15) is 0 Å². The molecule has 0 aliphatic carbocycles. The number of hydrogen-bond donors (Lipinski definition) is 1. The predicted molar refractivity (Wildman–Crippen MR) is 62.9 cm³/mol. The molecule has 1 unspecified atom stereocenters. The van der Waals surface area contributed by atoms with Crippen LogP contribution in [-0.2, 0) is 0 Å². The van der Waals surface area contributed by atoms with E-state index in [1.807, 2.05) is 30.3 Å². The molecule has 2 nitrogen and oxygen atoms in total. The van der Waals surface area contributed by atoms with Gasteiger partial charge in [0, 0.05) is 5.56 Å². The summed E-state index contributed by atoms with van der Waals surface area (Å²) in [6.07, 6.45) is 5.54. The minimum Gasteiger partial charge on any atom is -0.496 e. The Bertz CT molecular complexity index is 316. The van der Waals surface area contributed by atoms with Gasteiger partial charge in [0.1, 0.15) is 5.75 Å². The van der Waals surface area contributed by atoms with Crippen LogP contribution in [0.25, 0.3) is 6.08 Å². The third-order valence-corrected chi connectivity index (χ3v) is 2.19. The topological polar surface area (TPSA) is 29.5 Å². The van der Waals surface area contributed by atoms with Crippen LogP contribution in [0.2, 0.25) is 0 Å². The summed E-state index contributed by atoms with van der Waals surface area (Å²) in [4.78, 5) is 0. The third kappa shape index (κ3) is 4.17. The van der Waals surface area contributed by atoms with Gasteiger partial charge >= 0.3 is 0 Å². The zero-order valence-electron chi connectivity index (χ0n) is 9.31. The molecule has 82 valence electrons. The molecule has 0 aromatic heterocycles. The normalized spacial score (nSPS) is 13.0. The first-order valence-corrected chi connectivity index (χ1v) is 5.21. The Balaban J connectivity index is 2.55. The van der Waals surface area contributed by atoms with E-state index in [0.717, 1.165) is 24.2 Å². The van der Waals surface area contributed by atoms with E-state index in [1.54, 1.807) is 14.0 Å². The van der Waals surface area contributed by atoms with Crippen LogP contribution in [0, 0.1) is 0 Å². The summed E-state index contributed by atoms with van der Waals surface area (Å²) in [5.41, 5.74) is 1.07. The Morgan fingerprint density at radius 3 is 2.80 bits per heavy atom. The molecule has 0 spiro atoms. The van der Waals surface area contributed by atoms with Crippen molar-refractivity contribution < 1.29 is 9.84 Å². The Labute approximate surface area is 91.2 Å². The Morgan fingerprint density at radius 2 is 2.13 bits per heavy atom. The van der Waals surface area contributed by atoms with Gasteiger partial charge in [0.15, 0.2) is 0 Å². The molecule has 0 fully saturated rings. The van der Waals surface area contributed by atoms with Gasteiger partial charge in [0.2, 0.25) is 0 Å². The molecule has 0 aliphatic heterocycles. The number of aliphatic hydroxyl groups excluding tert-OH is 1. The molecular formula is C13H18O2. The van der Waals surface area contributed by atoms with Crippen molar-refractivity contribution in [2.75, 3.05) is 7.11 Å². The van der Waals surface area contributed by atoms with Crippen molar-refractivity contribution in [3.05, 3.63) is 35.9 Å². The maximum absolute atomic E-state index is 9.09. The first kappa shape index (κ1) is 11.8. The molecule has 0 bridgehead atoms. The van der Waals surface area contributed by atoms with Gasteiger partial charge in [-0.15, -0.1) is 0 Å². The van der Waals surface area contributed by atoms with Crippen molar-refractivity contribution in [3.8, 4) is 5.75 Å². The first-order valence-electron chi connectivity index (χ1n) is 5.21. The highest BCUT2D eigenvalue weighted by Gasteiger charge is 1.96. The van der Waals surface area contributed by atoms with Crippen molar-refractivity contribution in [3.63, 3.8) is 0 Å². The van der Waals surface area contributed by atoms with Gasteiger partial charge in [-0.25, -0.2) is 0 Å². The molecule has 0 radical (unpaired) electrons. The number of ether oxygens (including phenoxy) is 1. The van der Waals surface area contributed by atoms with Gasteiger partial charge in [-0.2, -0.15) is 0 Å². The summed E-state index contributed by atoms with van der Waals surface area (Å²) in [6, 6.07) is 7.88. The number of hydrogen-bond acceptors (Lipinski definition) is 2. The standard InChI is InChI=1S/C13H18O2/c1-11(14)7-3-4-8-12-9-5-6-10-13(12)15-2/h4-6,8-11,14H,3,7H2,1-2H3/b8-4+. The Hall–Kier alpha value is -1.28. The van der Waals surface area contributed by atoms with Crippen LogP contribution in [0.4, 0.5) is 0 Å². The molecule has 2 heteroatoms. The number of para-hydroxylation sites is 1. The van der Waals surface area contributed by atoms with Crippen LogP contribution in [-0.4, -0.2) is 18.3 Å². The summed E-state index contributed by atoms with van der Waals surface area (Å²) in [7, 11) is 1.67. The maximum Gasteiger partial charge on any atom is 0.126 e. The van der Waals surface area contributed by atoms with Gasteiger partial charge in [-0.1, -0.05) is 30.4 Å². The smallest absolute Gasteiger partial charge is 0.126 e. The minimum absolute atomic E-state index is 0.229. The van der Waals surface area contributed by atoms with Crippen LogP contribution < -0.4 is 4.74 Å². The largest absolute Gasteiger partial charge is 0.496 e. The van der Waals surface area contributed by atoms with E-state index >= 15 is 0 Å². The average Bonchev–Trinajstić information content (AvgIpc) is 2.24. The second kappa shape index (κ2) is 6.25. The summed E-state index contributed by atoms with van der Waals surface area (Å²) in [5, 5.41) is 9.09. The van der Waals surface area contributed by atoms with Crippen LogP contribution in [0.5, 0.6) is 5.75 Å². The number of allylic oxidation sites excluding steroid dienone is 1. The fourth-order valence-corrected chi connectivity index (χ4v) is 1.35. The van der Waals surface area contributed by atoms with E-state index in [2.05, 4.69) is 6.08 Å². The molecular weight excluding hydrogens is 188 g/mol. The Morgan fingerprint density at radius 1 is 1.40 bits per heavy atom. The molecule has 1 atom stereocenters. The van der Waals surface area contributed by atoms with Crippen LogP contribution in [0.3, 0.4) is 0 Å². The lowest BCUT2D eigenvalue weighted by Crippen LogP contribution is -1.96. The Kier molecular flexibility index (Phi) is 4.91. The van der Waals surface area contributed by atoms with Crippen molar-refractivity contribution in [1.29, 1.82) is 0 Å². The van der Waals surface area contributed by atoms with E-state index in [1.165, 1.54) is 0 Å². The molecule has 0 saturated carbocycles. The van der Waals surface area contributed by atoms with Gasteiger partial charge in [-0.05, 0) is 25.8 Å². The van der Waals surface area contributed by atoms with E-state index in [-0.39, 0.29) is 6.10 Å². The molecule has 1 N–H and O–H groups in total. The fraction of sp³-hybridized carbons (Fsp3) is 0.385. The van der Waals surface area contributed by atoms with Crippen molar-refractivity contribution in [1.82, 2.24) is 0 Å². The van der Waals surface area contributed by atoms with Crippen LogP contribution in [0.15, 0.2) is 30.3 Å². The summed E-state index contributed by atoms with van der Waals surface area (Å²) >= 11 is 0. The number of benzene rings is 1. The van der Waals surface area contributed by atoms with Gasteiger partial charge in [-0.3, -0.25) is 0 Å². The highest BCUT2D eigenvalue weighted by Crippen LogP contribution is 2.18. The second-order valence-electron chi connectivity index (χ2n) is 3.57. The van der Waals surface area contributed by atoms with E-state index in [4.69, 9.17) is 9.84 Å². The molecule has 0 heterocycles. The third-order valence-electron chi connectivity index (χ3n) is 2.19. The summed E-state index contributed by atoms with van der Waals surface area (Å²) < 4.78 is 5.22. The van der Waals surface area contributed by atoms with Crippen molar-refractivity contribution >= 4 is 6.08 Å². The number of methoxy groups -OCH3 is 1. The van der Waals surface area contributed by atoms with Crippen LogP contribution in [0.1, 0.15) is 25.3 Å². The lowest BCUT2D eigenvalue weighted by Gasteiger charge is -2.03. The zero-order valence-corrected chi connectivity index (χ0v) is 9.31. The molecule has 0 saturated heterocycles. The van der Waals surface area contributed by atoms with Crippen molar-refractivity contribution in [2.45, 2.75) is 25.9 Å². The molecule has 0 aliphatic rings. The molecule has 1 aromatic carbocycles. The SMILES string of the molecule is COc1ccccc1/C=C/CCC(C)O.